The van der Waals surface area contributed by atoms with Crippen LogP contribution in [0.4, 0.5) is 22.0 Å². The summed E-state index contributed by atoms with van der Waals surface area (Å²) in [5.41, 5.74) is 6.00. The van der Waals surface area contributed by atoms with E-state index in [1.54, 1.807) is 0 Å². The topological polar surface area (TPSA) is 85.3 Å². The second-order valence-electron chi connectivity index (χ2n) is 7.04. The second-order valence-corrected chi connectivity index (χ2v) is 8.07. The summed E-state index contributed by atoms with van der Waals surface area (Å²) >= 11 is 0.406. The summed E-state index contributed by atoms with van der Waals surface area (Å²) < 4.78 is 70.1. The number of nitrogens with zero attached hydrogens (tertiary/aromatic N) is 3. The van der Waals surface area contributed by atoms with Gasteiger partial charge in [0.05, 0.1) is 28.5 Å². The minimum absolute atomic E-state index is 0.167. The second kappa shape index (κ2) is 7.58. The highest BCUT2D eigenvalue weighted by molar-refractivity contribution is 7.14. The Morgan fingerprint density at radius 2 is 2.13 bits per heavy atom. The van der Waals surface area contributed by atoms with E-state index >= 15 is 0 Å². The van der Waals surface area contributed by atoms with Crippen LogP contribution in [0.3, 0.4) is 0 Å². The number of carbonyl (C=O) groups is 1. The highest BCUT2D eigenvalue weighted by Crippen LogP contribution is 2.38. The number of halogens is 5. The number of aromatic nitrogens is 3. The zero-order chi connectivity index (χ0) is 21.6. The molecule has 3 aromatic rings. The third kappa shape index (κ3) is 3.65. The van der Waals surface area contributed by atoms with E-state index in [1.165, 1.54) is 12.3 Å². The summed E-state index contributed by atoms with van der Waals surface area (Å²) in [6.07, 6.45) is -0.559. The Kier molecular flexibility index (Phi) is 5.22. The fourth-order valence-corrected chi connectivity index (χ4v) is 4.37. The van der Waals surface area contributed by atoms with Gasteiger partial charge in [-0.3, -0.25) is 4.79 Å². The molecule has 1 aliphatic carbocycles. The fraction of sp³-hybridized carbons (Fsp3) is 0.389. The molecule has 2 atom stereocenters. The molecule has 0 unspecified atom stereocenters. The molecule has 0 bridgehead atoms. The molecule has 0 radical (unpaired) electrons. The van der Waals surface area contributed by atoms with Gasteiger partial charge in [-0.05, 0) is 25.0 Å². The van der Waals surface area contributed by atoms with Crippen LogP contribution < -0.4 is 11.1 Å². The first-order valence-corrected chi connectivity index (χ1v) is 9.85. The first kappa shape index (κ1) is 20.7. The van der Waals surface area contributed by atoms with Crippen molar-refractivity contribution in [3.05, 3.63) is 40.2 Å². The molecule has 3 aromatic heterocycles. The van der Waals surface area contributed by atoms with Gasteiger partial charge in [-0.25, -0.2) is 31.5 Å². The lowest BCUT2D eigenvalue weighted by Crippen LogP contribution is -2.59. The third-order valence-electron chi connectivity index (χ3n) is 5.00. The van der Waals surface area contributed by atoms with Gasteiger partial charge in [-0.2, -0.15) is 5.10 Å². The van der Waals surface area contributed by atoms with Gasteiger partial charge < -0.3 is 11.1 Å². The molecule has 3 N–H and O–H groups in total. The van der Waals surface area contributed by atoms with Gasteiger partial charge in [-0.15, -0.1) is 11.3 Å². The van der Waals surface area contributed by atoms with E-state index in [2.05, 4.69) is 15.4 Å². The smallest absolute Gasteiger partial charge is 0.280 e. The largest absolute Gasteiger partial charge is 0.340 e. The standard InChI is InChI=1S/C18H16F5N5OS/c19-8-3-4-11-9(6-25-28(11)7-8)12-13(15(20)21)30-17(26-12)16(29)27-14-10(24)2-1-5-18(14,22)23/h3-4,6-7,10,14-15H,1-2,5,24H2,(H,27,29)/t10-,14+/m0/s1. The van der Waals surface area contributed by atoms with Crippen LogP contribution in [0.5, 0.6) is 0 Å². The molecule has 0 saturated heterocycles. The molecular formula is C18H16F5N5OS. The monoisotopic (exact) mass is 445 g/mol. The summed E-state index contributed by atoms with van der Waals surface area (Å²) in [5, 5.41) is 5.68. The Hall–Kier alpha value is -2.60. The summed E-state index contributed by atoms with van der Waals surface area (Å²) in [7, 11) is 0. The van der Waals surface area contributed by atoms with Crippen molar-refractivity contribution >= 4 is 22.8 Å². The van der Waals surface area contributed by atoms with Gasteiger partial charge in [-0.1, -0.05) is 0 Å². The molecule has 0 aliphatic heterocycles. The van der Waals surface area contributed by atoms with Crippen molar-refractivity contribution < 1.29 is 26.7 Å². The first-order valence-electron chi connectivity index (χ1n) is 9.04. The highest BCUT2D eigenvalue weighted by Gasteiger charge is 2.47. The van der Waals surface area contributed by atoms with Crippen LogP contribution in [-0.4, -0.2) is 38.5 Å². The number of nitrogens with two attached hydrogens (primary N) is 1. The van der Waals surface area contributed by atoms with E-state index < -0.39 is 52.5 Å². The Morgan fingerprint density at radius 3 is 2.83 bits per heavy atom. The van der Waals surface area contributed by atoms with E-state index in [-0.39, 0.29) is 17.7 Å². The Morgan fingerprint density at radius 1 is 1.37 bits per heavy atom. The number of carbonyl (C=O) groups excluding carboxylic acids is 1. The Bertz CT molecular complexity index is 1100. The maximum absolute atomic E-state index is 14.2. The number of alkyl halides is 4. The fourth-order valence-electron chi connectivity index (χ4n) is 3.54. The number of hydrogen-bond donors (Lipinski definition) is 2. The molecule has 1 fully saturated rings. The summed E-state index contributed by atoms with van der Waals surface area (Å²) in [6.45, 7) is 0. The number of thiazole rings is 1. The van der Waals surface area contributed by atoms with E-state index in [4.69, 9.17) is 5.73 Å². The van der Waals surface area contributed by atoms with Gasteiger partial charge in [0, 0.05) is 18.0 Å². The number of hydrogen-bond acceptors (Lipinski definition) is 5. The van der Waals surface area contributed by atoms with Crippen LogP contribution in [0.15, 0.2) is 24.5 Å². The molecule has 0 aromatic carbocycles. The van der Waals surface area contributed by atoms with Crippen molar-refractivity contribution in [2.45, 2.75) is 43.7 Å². The van der Waals surface area contributed by atoms with Crippen molar-refractivity contribution in [2.24, 2.45) is 5.73 Å². The van der Waals surface area contributed by atoms with Crippen molar-refractivity contribution in [1.29, 1.82) is 0 Å². The maximum Gasteiger partial charge on any atom is 0.280 e. The zero-order valence-corrected chi connectivity index (χ0v) is 16.1. The van der Waals surface area contributed by atoms with Crippen molar-refractivity contribution in [3.8, 4) is 11.3 Å². The van der Waals surface area contributed by atoms with Crippen LogP contribution >= 0.6 is 11.3 Å². The van der Waals surface area contributed by atoms with Crippen LogP contribution in [0.2, 0.25) is 0 Å². The van der Waals surface area contributed by atoms with E-state index in [9.17, 15) is 26.7 Å². The predicted octanol–water partition coefficient (Wildman–Crippen LogP) is 3.78. The van der Waals surface area contributed by atoms with Gasteiger partial charge in [0.15, 0.2) is 5.01 Å². The minimum atomic E-state index is -3.20. The lowest BCUT2D eigenvalue weighted by atomic mass is 9.87. The van der Waals surface area contributed by atoms with Crippen LogP contribution in [-0.2, 0) is 0 Å². The van der Waals surface area contributed by atoms with Crippen LogP contribution in [0.1, 0.15) is 40.4 Å². The van der Waals surface area contributed by atoms with E-state index in [1.807, 2.05) is 0 Å². The summed E-state index contributed by atoms with van der Waals surface area (Å²) in [4.78, 5) is 16.0. The SMILES string of the molecule is N[C@H]1CCCC(F)(F)[C@@H]1NC(=O)c1nc(-c2cnn3cc(F)ccc23)c(C(F)F)s1. The highest BCUT2D eigenvalue weighted by atomic mass is 32.1. The summed E-state index contributed by atoms with van der Waals surface area (Å²) in [5.74, 6) is -4.78. The lowest BCUT2D eigenvalue weighted by molar-refractivity contribution is -0.0674. The molecule has 1 amide bonds. The lowest BCUT2D eigenvalue weighted by Gasteiger charge is -2.36. The molecule has 1 saturated carbocycles. The van der Waals surface area contributed by atoms with E-state index in [0.717, 1.165) is 16.8 Å². The molecule has 6 nitrogen and oxygen atoms in total. The van der Waals surface area contributed by atoms with Crippen molar-refractivity contribution in [3.63, 3.8) is 0 Å². The quantitative estimate of drug-likeness (QED) is 0.599. The van der Waals surface area contributed by atoms with Crippen molar-refractivity contribution in [1.82, 2.24) is 19.9 Å². The number of pyridine rings is 1. The number of nitrogens with one attached hydrogen (secondary N) is 1. The number of rotatable bonds is 4. The van der Waals surface area contributed by atoms with Gasteiger partial charge >= 0.3 is 0 Å². The number of amides is 1. The average molecular weight is 445 g/mol. The van der Waals surface area contributed by atoms with Crippen molar-refractivity contribution in [2.75, 3.05) is 0 Å². The zero-order valence-electron chi connectivity index (χ0n) is 15.3. The minimum Gasteiger partial charge on any atom is -0.340 e. The summed E-state index contributed by atoms with van der Waals surface area (Å²) in [6, 6.07) is -0.0924. The van der Waals surface area contributed by atoms with Gasteiger partial charge in [0.1, 0.15) is 11.9 Å². The maximum atomic E-state index is 14.2. The molecular weight excluding hydrogens is 429 g/mol. The first-order chi connectivity index (χ1) is 14.2. The Labute approximate surface area is 170 Å². The van der Waals surface area contributed by atoms with Gasteiger partial charge in [0.2, 0.25) is 0 Å². The molecule has 160 valence electrons. The predicted molar refractivity (Wildman–Crippen MR) is 99.2 cm³/mol. The Balaban J connectivity index is 1.69. The normalized spacial score (nSPS) is 21.3. The molecule has 4 rings (SSSR count). The van der Waals surface area contributed by atoms with Crippen LogP contribution in [0, 0.1) is 5.82 Å². The molecule has 0 spiro atoms. The van der Waals surface area contributed by atoms with Crippen LogP contribution in [0.25, 0.3) is 16.8 Å². The van der Waals surface area contributed by atoms with E-state index in [0.29, 0.717) is 23.3 Å². The molecule has 1 aliphatic rings. The average Bonchev–Trinajstić information content (AvgIpc) is 3.28. The van der Waals surface area contributed by atoms with Gasteiger partial charge in [0.25, 0.3) is 18.3 Å². The third-order valence-corrected chi connectivity index (χ3v) is 6.06. The molecule has 30 heavy (non-hydrogen) atoms. The number of fused-ring (bicyclic) bond motifs is 1. The molecule has 12 heteroatoms. The molecule has 3 heterocycles.